The molecule has 1 aliphatic heterocycles. The molecule has 1 aromatic rings. The van der Waals surface area contributed by atoms with Crippen LogP contribution >= 0.6 is 11.8 Å². The summed E-state index contributed by atoms with van der Waals surface area (Å²) in [6, 6.07) is 7.60. The van der Waals surface area contributed by atoms with Crippen LogP contribution in [0.1, 0.15) is 16.8 Å². The van der Waals surface area contributed by atoms with E-state index in [9.17, 15) is 9.90 Å². The number of aliphatic hydroxyl groups excluding tert-OH is 1. The van der Waals surface area contributed by atoms with Gasteiger partial charge in [-0.3, -0.25) is 4.79 Å². The zero-order valence-electron chi connectivity index (χ0n) is 9.22. The van der Waals surface area contributed by atoms with Gasteiger partial charge >= 0.3 is 0 Å². The average Bonchev–Trinajstić information content (AvgIpc) is 2.75. The third-order valence-electron chi connectivity index (χ3n) is 2.79. The predicted octanol–water partition coefficient (Wildman–Crippen LogP) is 1.62. The summed E-state index contributed by atoms with van der Waals surface area (Å²) in [6.07, 6.45) is 2.29. The van der Waals surface area contributed by atoms with E-state index in [0.29, 0.717) is 19.5 Å². The number of thioether (sulfide) groups is 1. The fraction of sp³-hybridized carbons (Fsp3) is 0.417. The van der Waals surface area contributed by atoms with Crippen LogP contribution in [-0.4, -0.2) is 41.4 Å². The zero-order valence-corrected chi connectivity index (χ0v) is 10.0. The summed E-state index contributed by atoms with van der Waals surface area (Å²) in [5.41, 5.74) is 0.740. The van der Waals surface area contributed by atoms with Gasteiger partial charge in [-0.15, -0.1) is 11.8 Å². The van der Waals surface area contributed by atoms with Crippen LogP contribution in [0.25, 0.3) is 0 Å². The minimum Gasteiger partial charge on any atom is -0.391 e. The van der Waals surface area contributed by atoms with Crippen molar-refractivity contribution in [3.63, 3.8) is 0 Å². The van der Waals surface area contributed by atoms with Crippen molar-refractivity contribution in [1.29, 1.82) is 0 Å². The van der Waals surface area contributed by atoms with Crippen molar-refractivity contribution in [2.75, 3.05) is 19.3 Å². The van der Waals surface area contributed by atoms with Crippen molar-refractivity contribution >= 4 is 17.7 Å². The Balaban J connectivity index is 2.20. The molecule has 86 valence electrons. The second kappa shape index (κ2) is 4.89. The van der Waals surface area contributed by atoms with E-state index in [0.717, 1.165) is 10.5 Å². The molecule has 1 amide bonds. The molecule has 16 heavy (non-hydrogen) atoms. The van der Waals surface area contributed by atoms with Gasteiger partial charge in [-0.05, 0) is 24.8 Å². The van der Waals surface area contributed by atoms with Gasteiger partial charge in [-0.2, -0.15) is 0 Å². The molecule has 0 unspecified atom stereocenters. The number of β-amino-alcohol motifs (C(OH)–C–C–N with tert-alkyl or cyclic N) is 1. The first kappa shape index (κ1) is 11.5. The molecule has 0 spiro atoms. The maximum Gasteiger partial charge on any atom is 0.255 e. The molecule has 0 aromatic heterocycles. The van der Waals surface area contributed by atoms with Gasteiger partial charge in [0.25, 0.3) is 5.91 Å². The Hall–Kier alpha value is -1.00. The number of aliphatic hydroxyl groups is 1. The first-order chi connectivity index (χ1) is 7.72. The fourth-order valence-electron chi connectivity index (χ4n) is 1.92. The maximum atomic E-state index is 12.2. The summed E-state index contributed by atoms with van der Waals surface area (Å²) < 4.78 is 0. The lowest BCUT2D eigenvalue weighted by atomic mass is 10.2. The van der Waals surface area contributed by atoms with Gasteiger partial charge in [0.05, 0.1) is 11.7 Å². The molecule has 1 aromatic carbocycles. The number of likely N-dealkylation sites (tertiary alicyclic amines) is 1. The van der Waals surface area contributed by atoms with Gasteiger partial charge in [-0.1, -0.05) is 12.1 Å². The number of benzene rings is 1. The maximum absolute atomic E-state index is 12.2. The Kier molecular flexibility index (Phi) is 3.51. The summed E-state index contributed by atoms with van der Waals surface area (Å²) in [5, 5.41) is 9.42. The van der Waals surface area contributed by atoms with Crippen molar-refractivity contribution in [1.82, 2.24) is 4.90 Å². The van der Waals surface area contributed by atoms with E-state index in [1.54, 1.807) is 16.7 Å². The smallest absolute Gasteiger partial charge is 0.255 e. The predicted molar refractivity (Wildman–Crippen MR) is 64.8 cm³/mol. The minimum atomic E-state index is -0.356. The van der Waals surface area contributed by atoms with Crippen molar-refractivity contribution < 1.29 is 9.90 Å². The highest BCUT2D eigenvalue weighted by atomic mass is 32.2. The average molecular weight is 237 g/mol. The highest BCUT2D eigenvalue weighted by Crippen LogP contribution is 2.22. The fourth-order valence-corrected chi connectivity index (χ4v) is 2.51. The second-order valence-corrected chi connectivity index (χ2v) is 4.74. The molecule has 1 N–H and O–H groups in total. The highest BCUT2D eigenvalue weighted by Gasteiger charge is 2.26. The first-order valence-corrected chi connectivity index (χ1v) is 6.55. The second-order valence-electron chi connectivity index (χ2n) is 3.89. The number of carbonyl (C=O) groups excluding carboxylic acids is 1. The molecule has 1 saturated heterocycles. The molecule has 4 heteroatoms. The number of carbonyl (C=O) groups is 1. The van der Waals surface area contributed by atoms with E-state index in [4.69, 9.17) is 0 Å². The summed E-state index contributed by atoms with van der Waals surface area (Å²) in [5.74, 6) is 0.0292. The number of hydrogen-bond acceptors (Lipinski definition) is 3. The highest BCUT2D eigenvalue weighted by molar-refractivity contribution is 7.98. The summed E-state index contributed by atoms with van der Waals surface area (Å²) >= 11 is 1.57. The van der Waals surface area contributed by atoms with E-state index in [1.807, 2.05) is 30.5 Å². The Morgan fingerprint density at radius 2 is 2.25 bits per heavy atom. The van der Waals surface area contributed by atoms with Crippen LogP contribution in [0.15, 0.2) is 29.2 Å². The van der Waals surface area contributed by atoms with E-state index >= 15 is 0 Å². The SMILES string of the molecule is CSc1ccccc1C(=O)N1CC[C@H](O)C1. The van der Waals surface area contributed by atoms with Crippen molar-refractivity contribution in [3.8, 4) is 0 Å². The molecule has 0 aliphatic carbocycles. The van der Waals surface area contributed by atoms with E-state index in [1.165, 1.54) is 0 Å². The lowest BCUT2D eigenvalue weighted by molar-refractivity contribution is 0.0761. The minimum absolute atomic E-state index is 0.0292. The summed E-state index contributed by atoms with van der Waals surface area (Å²) in [7, 11) is 0. The van der Waals surface area contributed by atoms with Crippen LogP contribution in [0, 0.1) is 0 Å². The molecule has 1 atom stereocenters. The lowest BCUT2D eigenvalue weighted by Gasteiger charge is -2.17. The van der Waals surface area contributed by atoms with Crippen LogP contribution in [0.4, 0.5) is 0 Å². The van der Waals surface area contributed by atoms with E-state index < -0.39 is 0 Å². The molecular weight excluding hydrogens is 222 g/mol. The molecule has 0 saturated carbocycles. The summed E-state index contributed by atoms with van der Waals surface area (Å²) in [6.45, 7) is 1.12. The normalized spacial score (nSPS) is 20.1. The molecule has 3 nitrogen and oxygen atoms in total. The molecule has 0 bridgehead atoms. The number of nitrogens with zero attached hydrogens (tertiary/aromatic N) is 1. The quantitative estimate of drug-likeness (QED) is 0.795. The summed E-state index contributed by atoms with van der Waals surface area (Å²) in [4.78, 5) is 14.9. The molecule has 0 radical (unpaired) electrons. The zero-order chi connectivity index (χ0) is 11.5. The standard InChI is InChI=1S/C12H15NO2S/c1-16-11-5-3-2-4-10(11)12(15)13-7-6-9(14)8-13/h2-5,9,14H,6-8H2,1H3/t9-/m0/s1. The number of amides is 1. The molecule has 1 fully saturated rings. The number of rotatable bonds is 2. The van der Waals surface area contributed by atoms with Gasteiger partial charge in [0, 0.05) is 18.0 Å². The molecule has 2 rings (SSSR count). The van der Waals surface area contributed by atoms with Crippen LogP contribution < -0.4 is 0 Å². The van der Waals surface area contributed by atoms with E-state index in [-0.39, 0.29) is 12.0 Å². The van der Waals surface area contributed by atoms with Crippen molar-refractivity contribution in [2.24, 2.45) is 0 Å². The van der Waals surface area contributed by atoms with Gasteiger partial charge in [0.2, 0.25) is 0 Å². The largest absolute Gasteiger partial charge is 0.391 e. The Bertz CT molecular complexity index is 394. The van der Waals surface area contributed by atoms with E-state index in [2.05, 4.69) is 0 Å². The van der Waals surface area contributed by atoms with Crippen molar-refractivity contribution in [3.05, 3.63) is 29.8 Å². The number of hydrogen-bond donors (Lipinski definition) is 1. The van der Waals surface area contributed by atoms with Crippen LogP contribution in [0.3, 0.4) is 0 Å². The van der Waals surface area contributed by atoms with Crippen LogP contribution in [-0.2, 0) is 0 Å². The Morgan fingerprint density at radius 1 is 1.50 bits per heavy atom. The monoisotopic (exact) mass is 237 g/mol. The van der Waals surface area contributed by atoms with Crippen LogP contribution in [0.5, 0.6) is 0 Å². The molecule has 1 aliphatic rings. The van der Waals surface area contributed by atoms with Gasteiger partial charge in [-0.25, -0.2) is 0 Å². The van der Waals surface area contributed by atoms with Gasteiger partial charge < -0.3 is 10.0 Å². The van der Waals surface area contributed by atoms with Crippen molar-refractivity contribution in [2.45, 2.75) is 17.4 Å². The molecule has 1 heterocycles. The van der Waals surface area contributed by atoms with Crippen LogP contribution in [0.2, 0.25) is 0 Å². The third kappa shape index (κ3) is 2.23. The molecular formula is C12H15NO2S. The Morgan fingerprint density at radius 3 is 2.88 bits per heavy atom. The van der Waals surface area contributed by atoms with Gasteiger partial charge in [0.15, 0.2) is 0 Å². The third-order valence-corrected chi connectivity index (χ3v) is 3.58. The lowest BCUT2D eigenvalue weighted by Crippen LogP contribution is -2.29. The van der Waals surface area contributed by atoms with Gasteiger partial charge in [0.1, 0.15) is 0 Å². The topological polar surface area (TPSA) is 40.5 Å². The Labute approximate surface area is 99.5 Å². The first-order valence-electron chi connectivity index (χ1n) is 5.32.